The smallest absolute Gasteiger partial charge is 0.262 e. The molecule has 2 N–H and O–H groups in total. The van der Waals surface area contributed by atoms with Crippen LogP contribution in [0.4, 0.5) is 0 Å². The number of rotatable bonds is 8. The predicted octanol–water partition coefficient (Wildman–Crippen LogP) is 4.25. The van der Waals surface area contributed by atoms with Gasteiger partial charge in [0.2, 0.25) is 5.82 Å². The van der Waals surface area contributed by atoms with E-state index in [1.807, 2.05) is 42.6 Å². The molecule has 8 heteroatoms. The highest BCUT2D eigenvalue weighted by Crippen LogP contribution is 2.37. The largest absolute Gasteiger partial charge is 0.395 e. The molecule has 0 amide bonds. The van der Waals surface area contributed by atoms with Crippen molar-refractivity contribution in [3.8, 4) is 34.1 Å². The number of nitrogens with one attached hydrogen (secondary N) is 1. The zero-order valence-corrected chi connectivity index (χ0v) is 18.5. The number of hydrogen-bond acceptors (Lipinski definition) is 7. The topological polar surface area (TPSA) is 102 Å². The number of aliphatic hydroxyl groups is 1. The molecule has 5 rings (SSSR count). The SMILES string of the molecule is OCCNCc1ccc(-c2noc(-c3cnn(C4CCCCC4)c3-c3ccncc3)n2)cc1. The van der Waals surface area contributed by atoms with Crippen LogP contribution in [0.15, 0.2) is 59.5 Å². The summed E-state index contributed by atoms with van der Waals surface area (Å²) in [6.45, 7) is 1.40. The fourth-order valence-corrected chi connectivity index (χ4v) is 4.45. The van der Waals surface area contributed by atoms with Crippen molar-refractivity contribution >= 4 is 0 Å². The normalized spacial score (nSPS) is 14.6. The summed E-state index contributed by atoms with van der Waals surface area (Å²) in [7, 11) is 0. The molecule has 1 aliphatic carbocycles. The monoisotopic (exact) mass is 444 g/mol. The number of benzene rings is 1. The molecular formula is C25H28N6O2. The second-order valence-corrected chi connectivity index (χ2v) is 8.40. The molecule has 0 bridgehead atoms. The first-order chi connectivity index (χ1) is 16.3. The van der Waals surface area contributed by atoms with E-state index in [1.165, 1.54) is 19.3 Å². The second-order valence-electron chi connectivity index (χ2n) is 8.40. The fraction of sp³-hybridized carbons (Fsp3) is 0.360. The maximum Gasteiger partial charge on any atom is 0.262 e. The number of hydrogen-bond donors (Lipinski definition) is 2. The quantitative estimate of drug-likeness (QED) is 0.392. The lowest BCUT2D eigenvalue weighted by molar-refractivity contribution is 0.292. The van der Waals surface area contributed by atoms with E-state index in [2.05, 4.69) is 20.1 Å². The first-order valence-electron chi connectivity index (χ1n) is 11.6. The highest BCUT2D eigenvalue weighted by Gasteiger charge is 2.25. The summed E-state index contributed by atoms with van der Waals surface area (Å²) >= 11 is 0. The Morgan fingerprint density at radius 2 is 1.79 bits per heavy atom. The van der Waals surface area contributed by atoms with E-state index in [0.29, 0.717) is 30.8 Å². The number of aromatic nitrogens is 5. The zero-order chi connectivity index (χ0) is 22.5. The molecule has 4 aromatic rings. The molecule has 1 fully saturated rings. The Kier molecular flexibility index (Phi) is 6.55. The van der Waals surface area contributed by atoms with Crippen molar-refractivity contribution in [2.24, 2.45) is 0 Å². The molecular weight excluding hydrogens is 416 g/mol. The molecule has 0 radical (unpaired) electrons. The third-order valence-corrected chi connectivity index (χ3v) is 6.16. The molecule has 33 heavy (non-hydrogen) atoms. The van der Waals surface area contributed by atoms with Crippen molar-refractivity contribution in [2.45, 2.75) is 44.7 Å². The lowest BCUT2D eigenvalue weighted by atomic mass is 9.95. The third kappa shape index (κ3) is 4.72. The van der Waals surface area contributed by atoms with Gasteiger partial charge in [0.05, 0.1) is 30.1 Å². The van der Waals surface area contributed by atoms with Crippen LogP contribution in [0.25, 0.3) is 34.1 Å². The van der Waals surface area contributed by atoms with Gasteiger partial charge < -0.3 is 14.9 Å². The predicted molar refractivity (Wildman–Crippen MR) is 125 cm³/mol. The van der Waals surface area contributed by atoms with E-state index in [1.54, 1.807) is 12.4 Å². The molecule has 0 atom stereocenters. The molecule has 0 spiro atoms. The first kappa shape index (κ1) is 21.5. The van der Waals surface area contributed by atoms with Gasteiger partial charge in [-0.2, -0.15) is 10.1 Å². The summed E-state index contributed by atoms with van der Waals surface area (Å²) in [5.74, 6) is 1.01. The van der Waals surface area contributed by atoms with E-state index >= 15 is 0 Å². The summed E-state index contributed by atoms with van der Waals surface area (Å²) in [6, 6.07) is 12.4. The van der Waals surface area contributed by atoms with Gasteiger partial charge in [0.15, 0.2) is 0 Å². The zero-order valence-electron chi connectivity index (χ0n) is 18.5. The van der Waals surface area contributed by atoms with Gasteiger partial charge in [-0.25, -0.2) is 0 Å². The minimum absolute atomic E-state index is 0.128. The van der Waals surface area contributed by atoms with Crippen LogP contribution in [0.3, 0.4) is 0 Å². The van der Waals surface area contributed by atoms with Crippen LogP contribution < -0.4 is 5.32 Å². The Labute approximate surface area is 192 Å². The molecule has 0 saturated heterocycles. The molecule has 0 aliphatic heterocycles. The highest BCUT2D eigenvalue weighted by molar-refractivity contribution is 5.77. The van der Waals surface area contributed by atoms with Crippen molar-refractivity contribution in [2.75, 3.05) is 13.2 Å². The molecule has 1 aromatic carbocycles. The number of nitrogens with zero attached hydrogens (tertiary/aromatic N) is 5. The van der Waals surface area contributed by atoms with E-state index in [4.69, 9.17) is 19.7 Å². The van der Waals surface area contributed by atoms with Crippen molar-refractivity contribution in [1.82, 2.24) is 30.2 Å². The molecule has 3 heterocycles. The standard InChI is InChI=1S/C25H28N6O2/c32-15-14-27-16-18-6-8-20(9-7-18)24-29-25(33-30-24)22-17-28-31(21-4-2-1-3-5-21)23(22)19-10-12-26-13-11-19/h6-13,17,21,27,32H,1-5,14-16H2. The fourth-order valence-electron chi connectivity index (χ4n) is 4.45. The summed E-state index contributed by atoms with van der Waals surface area (Å²) in [4.78, 5) is 8.88. The van der Waals surface area contributed by atoms with Crippen LogP contribution in [-0.2, 0) is 6.54 Å². The lowest BCUT2D eigenvalue weighted by Gasteiger charge is -2.24. The van der Waals surface area contributed by atoms with Gasteiger partial charge >= 0.3 is 0 Å². The van der Waals surface area contributed by atoms with Crippen LogP contribution >= 0.6 is 0 Å². The van der Waals surface area contributed by atoms with Gasteiger partial charge in [-0.15, -0.1) is 0 Å². The minimum Gasteiger partial charge on any atom is -0.395 e. The van der Waals surface area contributed by atoms with Gasteiger partial charge in [-0.1, -0.05) is 48.7 Å². The number of aliphatic hydroxyl groups excluding tert-OH is 1. The summed E-state index contributed by atoms with van der Waals surface area (Å²) in [5.41, 5.74) is 4.91. The van der Waals surface area contributed by atoms with Crippen molar-refractivity contribution in [3.05, 3.63) is 60.6 Å². The van der Waals surface area contributed by atoms with Crippen molar-refractivity contribution < 1.29 is 9.63 Å². The molecule has 1 saturated carbocycles. The van der Waals surface area contributed by atoms with E-state index < -0.39 is 0 Å². The lowest BCUT2D eigenvalue weighted by Crippen LogP contribution is -2.17. The van der Waals surface area contributed by atoms with Crippen LogP contribution in [0.2, 0.25) is 0 Å². The van der Waals surface area contributed by atoms with Gasteiger partial charge in [-0.3, -0.25) is 9.67 Å². The first-order valence-corrected chi connectivity index (χ1v) is 11.6. The van der Waals surface area contributed by atoms with Gasteiger partial charge in [-0.05, 0) is 30.5 Å². The second kappa shape index (κ2) is 10.1. The molecule has 170 valence electrons. The van der Waals surface area contributed by atoms with Crippen molar-refractivity contribution in [1.29, 1.82) is 0 Å². The molecule has 8 nitrogen and oxygen atoms in total. The number of pyridine rings is 1. The highest BCUT2D eigenvalue weighted by atomic mass is 16.5. The summed E-state index contributed by atoms with van der Waals surface area (Å²) in [5, 5.41) is 21.1. The summed E-state index contributed by atoms with van der Waals surface area (Å²) < 4.78 is 7.85. The average Bonchev–Trinajstić information content (AvgIpc) is 3.53. The molecule has 0 unspecified atom stereocenters. The molecule has 1 aliphatic rings. The van der Waals surface area contributed by atoms with Crippen LogP contribution in [0.1, 0.15) is 43.7 Å². The Bertz CT molecular complexity index is 1160. The van der Waals surface area contributed by atoms with Gasteiger partial charge in [0.1, 0.15) is 0 Å². The van der Waals surface area contributed by atoms with Crippen LogP contribution in [-0.4, -0.2) is 43.2 Å². The van der Waals surface area contributed by atoms with E-state index in [-0.39, 0.29) is 6.61 Å². The van der Waals surface area contributed by atoms with Gasteiger partial charge in [0.25, 0.3) is 5.89 Å². The minimum atomic E-state index is 0.128. The van der Waals surface area contributed by atoms with Crippen LogP contribution in [0.5, 0.6) is 0 Å². The Balaban J connectivity index is 1.45. The van der Waals surface area contributed by atoms with Gasteiger partial charge in [0, 0.05) is 36.6 Å². The molecule has 3 aromatic heterocycles. The maximum atomic E-state index is 8.90. The van der Waals surface area contributed by atoms with Crippen LogP contribution in [0, 0.1) is 0 Å². The van der Waals surface area contributed by atoms with E-state index in [0.717, 1.165) is 40.8 Å². The maximum absolute atomic E-state index is 8.90. The Morgan fingerprint density at radius 3 is 2.55 bits per heavy atom. The summed E-state index contributed by atoms with van der Waals surface area (Å²) in [6.07, 6.45) is 11.5. The third-order valence-electron chi connectivity index (χ3n) is 6.16. The average molecular weight is 445 g/mol. The van der Waals surface area contributed by atoms with Crippen molar-refractivity contribution in [3.63, 3.8) is 0 Å². The Hall–Kier alpha value is -3.36. The van der Waals surface area contributed by atoms with E-state index in [9.17, 15) is 0 Å². The Morgan fingerprint density at radius 1 is 1.00 bits per heavy atom.